The van der Waals surface area contributed by atoms with Gasteiger partial charge in [0.1, 0.15) is 5.78 Å². The van der Waals surface area contributed by atoms with Crippen molar-refractivity contribution in [2.45, 2.75) is 32.1 Å². The molecule has 1 nitrogen and oxygen atoms in total. The van der Waals surface area contributed by atoms with E-state index < -0.39 is 0 Å². The van der Waals surface area contributed by atoms with Crippen molar-refractivity contribution >= 4 is 28.7 Å². The Bertz CT molecular complexity index is 332. The smallest absolute Gasteiger partial charge is 0.136 e. The Morgan fingerprint density at radius 2 is 2.36 bits per heavy atom. The number of Topliss-reactive ketones (excluding diaryl/α,β-unsaturated/α-hetero) is 1. The van der Waals surface area contributed by atoms with Crippen molar-refractivity contribution in [2.75, 3.05) is 0 Å². The first kappa shape index (κ1) is 10.2. The van der Waals surface area contributed by atoms with Gasteiger partial charge in [0, 0.05) is 17.2 Å². The number of hydrogen-bond acceptors (Lipinski definition) is 2. The lowest BCUT2D eigenvalue weighted by Crippen LogP contribution is -2.20. The molecule has 1 heterocycles. The van der Waals surface area contributed by atoms with Crippen LogP contribution in [0.2, 0.25) is 5.02 Å². The lowest BCUT2D eigenvalue weighted by molar-refractivity contribution is -0.124. The predicted molar refractivity (Wildman–Crippen MR) is 60.0 cm³/mol. The van der Waals surface area contributed by atoms with Gasteiger partial charge in [0.05, 0.1) is 5.02 Å². The van der Waals surface area contributed by atoms with Crippen LogP contribution in [-0.4, -0.2) is 5.78 Å². The fourth-order valence-corrected chi connectivity index (χ4v) is 3.16. The van der Waals surface area contributed by atoms with Crippen molar-refractivity contribution in [3.63, 3.8) is 0 Å². The van der Waals surface area contributed by atoms with E-state index in [2.05, 4.69) is 0 Å². The van der Waals surface area contributed by atoms with Crippen molar-refractivity contribution in [3.05, 3.63) is 21.3 Å². The highest BCUT2D eigenvalue weighted by Crippen LogP contribution is 2.29. The third-order valence-corrected chi connectivity index (χ3v) is 4.21. The Morgan fingerprint density at radius 3 is 3.00 bits per heavy atom. The number of thiophene rings is 1. The normalized spacial score (nSPS) is 22.6. The molecule has 0 aliphatic heterocycles. The summed E-state index contributed by atoms with van der Waals surface area (Å²) in [7, 11) is 0. The summed E-state index contributed by atoms with van der Waals surface area (Å²) in [6, 6.07) is 1.91. The third kappa shape index (κ3) is 2.18. The first-order valence-electron chi connectivity index (χ1n) is 5.02. The van der Waals surface area contributed by atoms with Gasteiger partial charge in [0.2, 0.25) is 0 Å². The summed E-state index contributed by atoms with van der Waals surface area (Å²) in [5.41, 5.74) is 0. The predicted octanol–water partition coefficient (Wildman–Crippen LogP) is 3.70. The van der Waals surface area contributed by atoms with E-state index in [-0.39, 0.29) is 5.92 Å². The van der Waals surface area contributed by atoms with Crippen LogP contribution >= 0.6 is 22.9 Å². The molecule has 1 atom stereocenters. The molecule has 1 saturated carbocycles. The highest BCUT2D eigenvalue weighted by Gasteiger charge is 2.23. The second kappa shape index (κ2) is 4.45. The van der Waals surface area contributed by atoms with Crippen molar-refractivity contribution in [1.82, 2.24) is 0 Å². The molecule has 0 aromatic carbocycles. The van der Waals surface area contributed by atoms with Crippen molar-refractivity contribution in [1.29, 1.82) is 0 Å². The summed E-state index contributed by atoms with van der Waals surface area (Å²) in [5, 5.41) is 2.82. The van der Waals surface area contributed by atoms with Crippen LogP contribution < -0.4 is 0 Å². The standard InChI is InChI=1S/C11H13ClOS/c12-9-5-6-14-11(9)7-8-3-1-2-4-10(8)13/h5-6,8H,1-4,7H2. The zero-order chi connectivity index (χ0) is 9.97. The third-order valence-electron chi connectivity index (χ3n) is 2.80. The molecule has 1 aliphatic rings. The maximum absolute atomic E-state index is 11.6. The number of carbonyl (C=O) groups excluding carboxylic acids is 1. The molecule has 0 bridgehead atoms. The summed E-state index contributed by atoms with van der Waals surface area (Å²) in [5.74, 6) is 0.667. The van der Waals surface area contributed by atoms with Gasteiger partial charge in [-0.05, 0) is 30.7 Å². The van der Waals surface area contributed by atoms with E-state index in [9.17, 15) is 4.79 Å². The molecule has 1 unspecified atom stereocenters. The molecule has 0 spiro atoms. The molecule has 3 heteroatoms. The fraction of sp³-hybridized carbons (Fsp3) is 0.545. The van der Waals surface area contributed by atoms with Gasteiger partial charge in [-0.15, -0.1) is 11.3 Å². The van der Waals surface area contributed by atoms with E-state index >= 15 is 0 Å². The molecule has 0 amide bonds. The summed E-state index contributed by atoms with van der Waals surface area (Å²) < 4.78 is 0. The average molecular weight is 229 g/mol. The second-order valence-electron chi connectivity index (χ2n) is 3.80. The molecular weight excluding hydrogens is 216 g/mol. The summed E-state index contributed by atoms with van der Waals surface area (Å²) in [6.45, 7) is 0. The largest absolute Gasteiger partial charge is 0.299 e. The van der Waals surface area contributed by atoms with Gasteiger partial charge >= 0.3 is 0 Å². The van der Waals surface area contributed by atoms with Gasteiger partial charge in [-0.1, -0.05) is 18.0 Å². The van der Waals surface area contributed by atoms with Gasteiger partial charge in [-0.2, -0.15) is 0 Å². The SMILES string of the molecule is O=C1CCCCC1Cc1sccc1Cl. The lowest BCUT2D eigenvalue weighted by Gasteiger charge is -2.19. The lowest BCUT2D eigenvalue weighted by atomic mass is 9.85. The zero-order valence-electron chi connectivity index (χ0n) is 7.96. The van der Waals surface area contributed by atoms with Crippen LogP contribution in [0.5, 0.6) is 0 Å². The second-order valence-corrected chi connectivity index (χ2v) is 5.21. The average Bonchev–Trinajstić information content (AvgIpc) is 2.56. The molecule has 76 valence electrons. The van der Waals surface area contributed by atoms with E-state index in [1.165, 1.54) is 11.3 Å². The van der Waals surface area contributed by atoms with Crippen molar-refractivity contribution < 1.29 is 4.79 Å². The highest BCUT2D eigenvalue weighted by molar-refractivity contribution is 7.10. The molecule has 1 fully saturated rings. The van der Waals surface area contributed by atoms with E-state index in [0.29, 0.717) is 5.78 Å². The van der Waals surface area contributed by atoms with E-state index in [0.717, 1.165) is 30.7 Å². The fourth-order valence-electron chi connectivity index (χ4n) is 1.97. The van der Waals surface area contributed by atoms with Gasteiger partial charge in [0.25, 0.3) is 0 Å². The number of rotatable bonds is 2. The van der Waals surface area contributed by atoms with Gasteiger partial charge in [-0.3, -0.25) is 4.79 Å². The number of hydrogen-bond donors (Lipinski definition) is 0. The minimum Gasteiger partial charge on any atom is -0.299 e. The summed E-state index contributed by atoms with van der Waals surface area (Å²) in [4.78, 5) is 12.8. The minimum atomic E-state index is 0.236. The quantitative estimate of drug-likeness (QED) is 0.755. The Kier molecular flexibility index (Phi) is 3.24. The number of halogens is 1. The van der Waals surface area contributed by atoms with Crippen LogP contribution in [0.15, 0.2) is 11.4 Å². The highest BCUT2D eigenvalue weighted by atomic mass is 35.5. The van der Waals surface area contributed by atoms with E-state index in [1.54, 1.807) is 11.3 Å². The monoisotopic (exact) mass is 228 g/mol. The van der Waals surface area contributed by atoms with Crippen LogP contribution in [0.3, 0.4) is 0 Å². The molecule has 0 N–H and O–H groups in total. The minimum absolute atomic E-state index is 0.236. The van der Waals surface area contributed by atoms with Crippen LogP contribution in [0.25, 0.3) is 0 Å². The molecule has 1 aromatic heterocycles. The van der Waals surface area contributed by atoms with Crippen molar-refractivity contribution in [2.24, 2.45) is 5.92 Å². The van der Waals surface area contributed by atoms with Crippen LogP contribution in [0.1, 0.15) is 30.6 Å². The molecular formula is C11H13ClOS. The molecule has 1 aliphatic carbocycles. The Labute approximate surface area is 93.1 Å². The summed E-state index contributed by atoms with van der Waals surface area (Å²) >= 11 is 7.67. The summed E-state index contributed by atoms with van der Waals surface area (Å²) in [6.07, 6.45) is 4.95. The van der Waals surface area contributed by atoms with Crippen LogP contribution in [0.4, 0.5) is 0 Å². The maximum Gasteiger partial charge on any atom is 0.136 e. The topological polar surface area (TPSA) is 17.1 Å². The van der Waals surface area contributed by atoms with Gasteiger partial charge < -0.3 is 0 Å². The van der Waals surface area contributed by atoms with Gasteiger partial charge in [-0.25, -0.2) is 0 Å². The number of carbonyl (C=O) groups is 1. The van der Waals surface area contributed by atoms with E-state index in [1.807, 2.05) is 11.4 Å². The molecule has 14 heavy (non-hydrogen) atoms. The van der Waals surface area contributed by atoms with E-state index in [4.69, 9.17) is 11.6 Å². The molecule has 0 saturated heterocycles. The molecule has 0 radical (unpaired) electrons. The Balaban J connectivity index is 2.03. The van der Waals surface area contributed by atoms with Crippen molar-refractivity contribution in [3.8, 4) is 0 Å². The van der Waals surface area contributed by atoms with Crippen LogP contribution in [0, 0.1) is 5.92 Å². The maximum atomic E-state index is 11.6. The van der Waals surface area contributed by atoms with Crippen LogP contribution in [-0.2, 0) is 11.2 Å². The van der Waals surface area contributed by atoms with Gasteiger partial charge in [0.15, 0.2) is 0 Å². The number of ketones is 1. The first-order chi connectivity index (χ1) is 6.77. The Hall–Kier alpha value is -0.340. The molecule has 1 aromatic rings. The molecule has 2 rings (SSSR count). The first-order valence-corrected chi connectivity index (χ1v) is 6.27. The zero-order valence-corrected chi connectivity index (χ0v) is 9.53. The Morgan fingerprint density at radius 1 is 1.50 bits per heavy atom.